The van der Waals surface area contributed by atoms with Crippen LogP contribution in [-0.2, 0) is 0 Å². The van der Waals surface area contributed by atoms with E-state index in [-0.39, 0.29) is 6.67 Å². The number of halogens is 2. The fourth-order valence-corrected chi connectivity index (χ4v) is 2.49. The average Bonchev–Trinajstić information content (AvgIpc) is 2.07. The molecule has 0 spiro atoms. The molecule has 0 aromatic rings. The summed E-state index contributed by atoms with van der Waals surface area (Å²) in [6.45, 7) is 5.41. The highest BCUT2D eigenvalue weighted by Gasteiger charge is 2.22. The van der Waals surface area contributed by atoms with Gasteiger partial charge in [-0.05, 0) is 25.3 Å². The van der Waals surface area contributed by atoms with Crippen LogP contribution in [0.25, 0.3) is 0 Å². The molecule has 1 nitrogen and oxygen atoms in total. The van der Waals surface area contributed by atoms with Crippen LogP contribution in [0.15, 0.2) is 0 Å². The number of nitrogens with zero attached hydrogens (tertiary/aromatic N) is 1. The average molecular weight is 285 g/mol. The zero-order valence-corrected chi connectivity index (χ0v) is 9.76. The van der Waals surface area contributed by atoms with E-state index < -0.39 is 0 Å². The van der Waals surface area contributed by atoms with E-state index in [4.69, 9.17) is 0 Å². The molecule has 1 rings (SSSR count). The number of likely N-dealkylation sites (tertiary alicyclic amines) is 1. The van der Waals surface area contributed by atoms with Gasteiger partial charge in [-0.25, -0.2) is 0 Å². The molecule has 0 radical (unpaired) electrons. The lowest BCUT2D eigenvalue weighted by molar-refractivity contribution is 0.197. The van der Waals surface area contributed by atoms with E-state index in [0.29, 0.717) is 6.42 Å². The van der Waals surface area contributed by atoms with Crippen LogP contribution < -0.4 is 0 Å². The highest BCUT2D eigenvalue weighted by molar-refractivity contribution is 14.1. The molecular weight excluding hydrogens is 268 g/mol. The fraction of sp³-hybridized carbons (Fsp3) is 1.00. The summed E-state index contributed by atoms with van der Waals surface area (Å²) in [7, 11) is 0. The smallest absolute Gasteiger partial charge is 0.0906 e. The van der Waals surface area contributed by atoms with Crippen molar-refractivity contribution in [1.82, 2.24) is 4.90 Å². The predicted molar refractivity (Wildman–Crippen MR) is 58.6 cm³/mol. The van der Waals surface area contributed by atoms with Crippen molar-refractivity contribution >= 4 is 22.6 Å². The Morgan fingerprint density at radius 3 is 2.92 bits per heavy atom. The minimum atomic E-state index is -0.169. The van der Waals surface area contributed by atoms with E-state index in [1.807, 2.05) is 0 Å². The summed E-state index contributed by atoms with van der Waals surface area (Å²) in [6, 6.07) is 0. The Morgan fingerprint density at radius 1 is 1.58 bits per heavy atom. The summed E-state index contributed by atoms with van der Waals surface area (Å²) in [4.78, 5) is 2.39. The van der Waals surface area contributed by atoms with Crippen LogP contribution in [0.1, 0.15) is 19.8 Å². The maximum absolute atomic E-state index is 11.9. The molecule has 1 fully saturated rings. The van der Waals surface area contributed by atoms with Crippen LogP contribution in [0, 0.1) is 5.92 Å². The van der Waals surface area contributed by atoms with Gasteiger partial charge in [-0.1, -0.05) is 29.5 Å². The van der Waals surface area contributed by atoms with Gasteiger partial charge in [0.05, 0.1) is 6.67 Å². The molecule has 0 saturated carbocycles. The summed E-state index contributed by atoms with van der Waals surface area (Å²) < 4.78 is 12.7. The molecule has 1 aliphatic heterocycles. The fourth-order valence-electron chi connectivity index (χ4n) is 1.57. The van der Waals surface area contributed by atoms with E-state index in [1.165, 1.54) is 13.0 Å². The minimum absolute atomic E-state index is 0.169. The van der Waals surface area contributed by atoms with Crippen molar-refractivity contribution in [2.75, 3.05) is 26.3 Å². The molecule has 12 heavy (non-hydrogen) atoms. The number of rotatable bonds is 3. The van der Waals surface area contributed by atoms with Crippen molar-refractivity contribution in [2.45, 2.75) is 23.7 Å². The summed E-state index contributed by atoms with van der Waals surface area (Å²) in [5.41, 5.74) is 0. The second kappa shape index (κ2) is 5.37. The Bertz CT molecular complexity index is 130. The monoisotopic (exact) mass is 285 g/mol. The van der Waals surface area contributed by atoms with Gasteiger partial charge >= 0.3 is 0 Å². The molecule has 0 N–H and O–H groups in total. The van der Waals surface area contributed by atoms with Crippen LogP contribution in [0.5, 0.6) is 0 Å². The first-order chi connectivity index (χ1) is 5.74. The second-order valence-electron chi connectivity index (χ2n) is 3.63. The highest BCUT2D eigenvalue weighted by Crippen LogP contribution is 2.23. The lowest BCUT2D eigenvalue weighted by Gasteiger charge is -2.33. The van der Waals surface area contributed by atoms with Gasteiger partial charge in [0, 0.05) is 17.0 Å². The minimum Gasteiger partial charge on any atom is -0.302 e. The first-order valence-electron chi connectivity index (χ1n) is 4.66. The molecule has 1 aliphatic rings. The van der Waals surface area contributed by atoms with Gasteiger partial charge in [-0.3, -0.25) is 4.39 Å². The Kier molecular flexibility index (Phi) is 4.79. The zero-order chi connectivity index (χ0) is 8.97. The van der Waals surface area contributed by atoms with Gasteiger partial charge in [0.25, 0.3) is 0 Å². The normalized spacial score (nSPS) is 32.2. The molecule has 0 aromatic carbocycles. The standard InChI is InChI=1S/C9H17FIN/c1-8-3-6-12(5-2-4-10)7-9(8)11/h8-9H,2-7H2,1H3. The quantitative estimate of drug-likeness (QED) is 0.569. The Labute approximate surface area is 87.8 Å². The van der Waals surface area contributed by atoms with Gasteiger partial charge in [-0.2, -0.15) is 0 Å². The van der Waals surface area contributed by atoms with E-state index in [0.717, 1.165) is 22.9 Å². The summed E-state index contributed by atoms with van der Waals surface area (Å²) in [5.74, 6) is 0.840. The third-order valence-corrected chi connectivity index (χ3v) is 4.18. The van der Waals surface area contributed by atoms with Gasteiger partial charge in [0.2, 0.25) is 0 Å². The molecule has 2 atom stereocenters. The molecule has 0 amide bonds. The van der Waals surface area contributed by atoms with Crippen LogP contribution in [0.4, 0.5) is 4.39 Å². The van der Waals surface area contributed by atoms with Crippen molar-refractivity contribution in [3.63, 3.8) is 0 Å². The highest BCUT2D eigenvalue weighted by atomic mass is 127. The molecule has 3 heteroatoms. The third-order valence-electron chi connectivity index (χ3n) is 2.56. The van der Waals surface area contributed by atoms with Crippen LogP contribution in [-0.4, -0.2) is 35.1 Å². The number of alkyl halides is 2. The van der Waals surface area contributed by atoms with Gasteiger partial charge in [0.1, 0.15) is 0 Å². The maximum atomic E-state index is 11.9. The molecular formula is C9H17FIN. The second-order valence-corrected chi connectivity index (χ2v) is 5.23. The van der Waals surface area contributed by atoms with E-state index >= 15 is 0 Å². The Balaban J connectivity index is 2.21. The van der Waals surface area contributed by atoms with E-state index in [9.17, 15) is 4.39 Å². The molecule has 0 bridgehead atoms. The Hall–Kier alpha value is 0.620. The molecule has 1 heterocycles. The summed E-state index contributed by atoms with van der Waals surface area (Å²) in [6.07, 6.45) is 1.98. The van der Waals surface area contributed by atoms with E-state index in [2.05, 4.69) is 34.4 Å². The first kappa shape index (κ1) is 10.7. The van der Waals surface area contributed by atoms with Crippen molar-refractivity contribution in [2.24, 2.45) is 5.92 Å². The summed E-state index contributed by atoms with van der Waals surface area (Å²) in [5, 5.41) is 0. The molecule has 0 aliphatic carbocycles. The lowest BCUT2D eigenvalue weighted by atomic mass is 9.99. The summed E-state index contributed by atoms with van der Waals surface area (Å²) >= 11 is 2.51. The third kappa shape index (κ3) is 3.17. The largest absolute Gasteiger partial charge is 0.302 e. The zero-order valence-electron chi connectivity index (χ0n) is 7.60. The Morgan fingerprint density at radius 2 is 2.33 bits per heavy atom. The first-order valence-corrected chi connectivity index (χ1v) is 5.91. The number of hydrogen-bond donors (Lipinski definition) is 0. The topological polar surface area (TPSA) is 3.24 Å². The number of hydrogen-bond acceptors (Lipinski definition) is 1. The lowest BCUT2D eigenvalue weighted by Crippen LogP contribution is -2.40. The predicted octanol–water partition coefficient (Wildman–Crippen LogP) is 2.49. The molecule has 72 valence electrons. The van der Waals surface area contributed by atoms with Gasteiger partial charge in [-0.15, -0.1) is 0 Å². The molecule has 2 unspecified atom stereocenters. The van der Waals surface area contributed by atoms with E-state index in [1.54, 1.807) is 0 Å². The molecule has 1 saturated heterocycles. The SMILES string of the molecule is CC1CCN(CCCF)CC1I. The van der Waals surface area contributed by atoms with Crippen molar-refractivity contribution in [3.8, 4) is 0 Å². The van der Waals surface area contributed by atoms with Crippen molar-refractivity contribution in [3.05, 3.63) is 0 Å². The van der Waals surface area contributed by atoms with Crippen LogP contribution in [0.3, 0.4) is 0 Å². The van der Waals surface area contributed by atoms with Crippen LogP contribution >= 0.6 is 22.6 Å². The van der Waals surface area contributed by atoms with Gasteiger partial charge < -0.3 is 4.90 Å². The van der Waals surface area contributed by atoms with Crippen molar-refractivity contribution in [1.29, 1.82) is 0 Å². The van der Waals surface area contributed by atoms with Crippen LogP contribution in [0.2, 0.25) is 0 Å². The number of piperidine rings is 1. The van der Waals surface area contributed by atoms with Crippen molar-refractivity contribution < 1.29 is 4.39 Å². The van der Waals surface area contributed by atoms with Gasteiger partial charge in [0.15, 0.2) is 0 Å². The maximum Gasteiger partial charge on any atom is 0.0906 e. The molecule has 0 aromatic heterocycles.